The lowest BCUT2D eigenvalue weighted by molar-refractivity contribution is -0.125. The molecule has 2 N–H and O–H groups in total. The molecular formula is C13H17N3O3. The van der Waals surface area contributed by atoms with Gasteiger partial charge >= 0.3 is 0 Å². The summed E-state index contributed by atoms with van der Waals surface area (Å²) in [6.45, 7) is 1.78. The molecule has 0 aliphatic carbocycles. The zero-order chi connectivity index (χ0) is 13.7. The van der Waals surface area contributed by atoms with Gasteiger partial charge in [-0.05, 0) is 24.3 Å². The van der Waals surface area contributed by atoms with E-state index in [1.165, 1.54) is 0 Å². The van der Waals surface area contributed by atoms with Gasteiger partial charge in [0.05, 0.1) is 20.2 Å². The summed E-state index contributed by atoms with van der Waals surface area (Å²) in [5.41, 5.74) is 0.715. The molecule has 1 aromatic carbocycles. The van der Waals surface area contributed by atoms with Gasteiger partial charge in [0, 0.05) is 18.8 Å². The molecule has 0 unspecified atom stereocenters. The lowest BCUT2D eigenvalue weighted by Gasteiger charge is -2.25. The summed E-state index contributed by atoms with van der Waals surface area (Å²) in [5.74, 6) is 0.578. The first-order valence-corrected chi connectivity index (χ1v) is 6.10. The van der Waals surface area contributed by atoms with Crippen LogP contribution in [0.5, 0.6) is 5.75 Å². The summed E-state index contributed by atoms with van der Waals surface area (Å²) in [7, 11) is 1.59. The van der Waals surface area contributed by atoms with Crippen LogP contribution in [0.25, 0.3) is 0 Å². The quantitative estimate of drug-likeness (QED) is 0.806. The molecule has 2 amide bonds. The van der Waals surface area contributed by atoms with Crippen molar-refractivity contribution in [1.29, 1.82) is 0 Å². The summed E-state index contributed by atoms with van der Waals surface area (Å²) < 4.78 is 5.04. The van der Waals surface area contributed by atoms with Crippen LogP contribution in [0.1, 0.15) is 0 Å². The fraction of sp³-hybridized carbons (Fsp3) is 0.385. The first-order valence-electron chi connectivity index (χ1n) is 6.10. The molecule has 1 aliphatic rings. The molecular weight excluding hydrogens is 246 g/mol. The normalized spacial score (nSPS) is 15.7. The topological polar surface area (TPSA) is 70.7 Å². The Kier molecular flexibility index (Phi) is 4.35. The van der Waals surface area contributed by atoms with Gasteiger partial charge in [0.2, 0.25) is 11.8 Å². The Hall–Kier alpha value is -2.08. The van der Waals surface area contributed by atoms with Crippen LogP contribution in [0.2, 0.25) is 0 Å². The fourth-order valence-electron chi connectivity index (χ4n) is 1.90. The van der Waals surface area contributed by atoms with E-state index in [2.05, 4.69) is 10.6 Å². The van der Waals surface area contributed by atoms with E-state index in [4.69, 9.17) is 4.74 Å². The Bertz CT molecular complexity index is 459. The number of rotatable bonds is 4. The molecule has 6 heteroatoms. The predicted octanol–water partition coefficient (Wildman–Crippen LogP) is 0.0655. The Morgan fingerprint density at radius 1 is 1.42 bits per heavy atom. The van der Waals surface area contributed by atoms with Gasteiger partial charge in [-0.3, -0.25) is 14.5 Å². The first kappa shape index (κ1) is 13.4. The smallest absolute Gasteiger partial charge is 0.238 e. The van der Waals surface area contributed by atoms with Crippen molar-refractivity contribution < 1.29 is 14.3 Å². The number of carbonyl (C=O) groups excluding carboxylic acids is 2. The van der Waals surface area contributed by atoms with E-state index in [1.807, 2.05) is 4.90 Å². The van der Waals surface area contributed by atoms with Crippen molar-refractivity contribution in [2.45, 2.75) is 0 Å². The SMILES string of the molecule is COc1ccc(NC(=O)CN2CCNC(=O)C2)cc1. The monoisotopic (exact) mass is 263 g/mol. The second-order valence-electron chi connectivity index (χ2n) is 4.34. The number of carbonyl (C=O) groups is 2. The first-order chi connectivity index (χ1) is 9.17. The molecule has 1 aliphatic heterocycles. The molecule has 0 aromatic heterocycles. The lowest BCUT2D eigenvalue weighted by Crippen LogP contribution is -2.49. The average Bonchev–Trinajstić information content (AvgIpc) is 2.39. The molecule has 1 fully saturated rings. The van der Waals surface area contributed by atoms with E-state index in [1.54, 1.807) is 31.4 Å². The Labute approximate surface area is 111 Å². The van der Waals surface area contributed by atoms with Gasteiger partial charge in [0.25, 0.3) is 0 Å². The molecule has 6 nitrogen and oxygen atoms in total. The number of nitrogens with zero attached hydrogens (tertiary/aromatic N) is 1. The average molecular weight is 263 g/mol. The largest absolute Gasteiger partial charge is 0.497 e. The number of methoxy groups -OCH3 is 1. The standard InChI is InChI=1S/C13H17N3O3/c1-19-11-4-2-10(3-5-11)15-13(18)9-16-7-6-14-12(17)8-16/h2-5H,6-9H2,1H3,(H,14,17)(H,15,18). The fourth-order valence-corrected chi connectivity index (χ4v) is 1.90. The summed E-state index contributed by atoms with van der Waals surface area (Å²) in [5, 5.41) is 5.51. The van der Waals surface area contributed by atoms with Crippen molar-refractivity contribution in [1.82, 2.24) is 10.2 Å². The van der Waals surface area contributed by atoms with Gasteiger partial charge in [-0.15, -0.1) is 0 Å². The molecule has 0 spiro atoms. The predicted molar refractivity (Wildman–Crippen MR) is 71.1 cm³/mol. The molecule has 0 saturated carbocycles. The zero-order valence-electron chi connectivity index (χ0n) is 10.8. The van der Waals surface area contributed by atoms with Crippen LogP contribution in [0.3, 0.4) is 0 Å². The highest BCUT2D eigenvalue weighted by atomic mass is 16.5. The van der Waals surface area contributed by atoms with Crippen molar-refractivity contribution in [2.75, 3.05) is 38.6 Å². The van der Waals surface area contributed by atoms with E-state index < -0.39 is 0 Å². The molecule has 1 aromatic rings. The van der Waals surface area contributed by atoms with Gasteiger partial charge in [-0.1, -0.05) is 0 Å². The number of ether oxygens (including phenoxy) is 1. The Morgan fingerprint density at radius 3 is 2.79 bits per heavy atom. The molecule has 0 atom stereocenters. The second kappa shape index (κ2) is 6.19. The molecule has 1 saturated heterocycles. The van der Waals surface area contributed by atoms with Crippen molar-refractivity contribution in [2.24, 2.45) is 0 Å². The summed E-state index contributed by atoms with van der Waals surface area (Å²) in [6.07, 6.45) is 0. The van der Waals surface area contributed by atoms with E-state index in [9.17, 15) is 9.59 Å². The minimum atomic E-state index is -0.125. The van der Waals surface area contributed by atoms with Crippen molar-refractivity contribution in [3.8, 4) is 5.75 Å². The summed E-state index contributed by atoms with van der Waals surface area (Å²) >= 11 is 0. The number of amides is 2. The lowest BCUT2D eigenvalue weighted by atomic mass is 10.3. The van der Waals surface area contributed by atoms with Crippen LogP contribution in [0.15, 0.2) is 24.3 Å². The summed E-state index contributed by atoms with van der Waals surface area (Å²) in [6, 6.07) is 7.12. The van der Waals surface area contributed by atoms with Gasteiger partial charge < -0.3 is 15.4 Å². The highest BCUT2D eigenvalue weighted by Crippen LogP contribution is 2.14. The maximum absolute atomic E-state index is 11.8. The maximum Gasteiger partial charge on any atom is 0.238 e. The number of hydrogen-bond acceptors (Lipinski definition) is 4. The number of hydrogen-bond donors (Lipinski definition) is 2. The van der Waals surface area contributed by atoms with Crippen LogP contribution < -0.4 is 15.4 Å². The number of benzene rings is 1. The van der Waals surface area contributed by atoms with Gasteiger partial charge in [-0.25, -0.2) is 0 Å². The number of piperazine rings is 1. The minimum Gasteiger partial charge on any atom is -0.497 e. The molecule has 1 heterocycles. The van der Waals surface area contributed by atoms with Crippen LogP contribution >= 0.6 is 0 Å². The van der Waals surface area contributed by atoms with Crippen molar-refractivity contribution >= 4 is 17.5 Å². The maximum atomic E-state index is 11.8. The number of nitrogens with one attached hydrogen (secondary N) is 2. The molecule has 102 valence electrons. The van der Waals surface area contributed by atoms with E-state index in [0.29, 0.717) is 18.8 Å². The molecule has 0 radical (unpaired) electrons. The van der Waals surface area contributed by atoms with Crippen LogP contribution in [-0.4, -0.2) is 50.0 Å². The van der Waals surface area contributed by atoms with Crippen LogP contribution in [0, 0.1) is 0 Å². The van der Waals surface area contributed by atoms with Crippen molar-refractivity contribution in [3.63, 3.8) is 0 Å². The second-order valence-corrected chi connectivity index (χ2v) is 4.34. The van der Waals surface area contributed by atoms with E-state index in [-0.39, 0.29) is 24.9 Å². The summed E-state index contributed by atoms with van der Waals surface area (Å²) in [4.78, 5) is 24.8. The Balaban J connectivity index is 1.84. The molecule has 2 rings (SSSR count). The van der Waals surface area contributed by atoms with E-state index in [0.717, 1.165) is 5.75 Å². The third kappa shape index (κ3) is 3.96. The van der Waals surface area contributed by atoms with Gasteiger partial charge in [0.15, 0.2) is 0 Å². The third-order valence-electron chi connectivity index (χ3n) is 2.86. The van der Waals surface area contributed by atoms with Crippen LogP contribution in [-0.2, 0) is 9.59 Å². The molecule has 19 heavy (non-hydrogen) atoms. The van der Waals surface area contributed by atoms with Crippen LogP contribution in [0.4, 0.5) is 5.69 Å². The highest BCUT2D eigenvalue weighted by molar-refractivity contribution is 5.92. The highest BCUT2D eigenvalue weighted by Gasteiger charge is 2.18. The Morgan fingerprint density at radius 2 is 2.16 bits per heavy atom. The minimum absolute atomic E-state index is 0.0384. The molecule has 0 bridgehead atoms. The third-order valence-corrected chi connectivity index (χ3v) is 2.86. The number of anilines is 1. The van der Waals surface area contributed by atoms with Gasteiger partial charge in [-0.2, -0.15) is 0 Å². The van der Waals surface area contributed by atoms with Gasteiger partial charge in [0.1, 0.15) is 5.75 Å². The van der Waals surface area contributed by atoms with E-state index >= 15 is 0 Å². The zero-order valence-corrected chi connectivity index (χ0v) is 10.8. The van der Waals surface area contributed by atoms with Crippen molar-refractivity contribution in [3.05, 3.63) is 24.3 Å².